The van der Waals surface area contributed by atoms with Crippen LogP contribution in [0.3, 0.4) is 0 Å². The summed E-state index contributed by atoms with van der Waals surface area (Å²) in [5, 5.41) is 54.8. The smallest absolute Gasteiger partial charge is 0.220 e. The molecule has 9 nitrogen and oxygen atoms in total. The van der Waals surface area contributed by atoms with Gasteiger partial charge >= 0.3 is 0 Å². The molecule has 74 heavy (non-hydrogen) atoms. The van der Waals surface area contributed by atoms with Crippen LogP contribution in [0.5, 0.6) is 0 Å². The zero-order valence-electron chi connectivity index (χ0n) is 48.1. The average Bonchev–Trinajstić information content (AvgIpc) is 3.40. The van der Waals surface area contributed by atoms with Gasteiger partial charge in [0, 0.05) is 6.42 Å². The fraction of sp³-hybridized carbons (Fsp3) is 0.831. The molecule has 6 N–H and O–H groups in total. The second-order valence-corrected chi connectivity index (χ2v) is 21.8. The van der Waals surface area contributed by atoms with Crippen molar-refractivity contribution in [2.45, 2.75) is 333 Å². The number of hydrogen-bond acceptors (Lipinski definition) is 8. The number of hydrogen-bond donors (Lipinski definition) is 6. The Morgan fingerprint density at radius 2 is 0.838 bits per heavy atom. The SMILES string of the molecule is CC/C=C\C/C=C\C/C=C\C/C=C\C/C=C\CCCCCCCCCCCCCC(=O)NC(COC1OC(CO)C(O)C(O)C1O)C(O)CCCCCCCCCCCCCCCCCCCCCCCCCC. The highest BCUT2D eigenvalue weighted by molar-refractivity contribution is 5.76. The first-order chi connectivity index (χ1) is 36.3. The van der Waals surface area contributed by atoms with E-state index in [0.29, 0.717) is 12.8 Å². The van der Waals surface area contributed by atoms with E-state index in [1.165, 1.54) is 193 Å². The molecule has 0 radical (unpaired) electrons. The summed E-state index contributed by atoms with van der Waals surface area (Å²) in [6, 6.07) is -0.725. The van der Waals surface area contributed by atoms with Gasteiger partial charge in [0.1, 0.15) is 24.4 Å². The Balaban J connectivity index is 2.17. The number of carbonyl (C=O) groups excluding carboxylic acids is 1. The Morgan fingerprint density at radius 3 is 1.24 bits per heavy atom. The molecule has 1 aliphatic heterocycles. The van der Waals surface area contributed by atoms with E-state index < -0.39 is 49.5 Å². The van der Waals surface area contributed by atoms with Crippen LogP contribution in [0.2, 0.25) is 0 Å². The normalized spacial score (nSPS) is 19.4. The van der Waals surface area contributed by atoms with Gasteiger partial charge < -0.3 is 40.3 Å². The van der Waals surface area contributed by atoms with Gasteiger partial charge in [-0.05, 0) is 57.8 Å². The van der Waals surface area contributed by atoms with Gasteiger partial charge in [-0.2, -0.15) is 0 Å². The lowest BCUT2D eigenvalue weighted by molar-refractivity contribution is -0.302. The fourth-order valence-electron chi connectivity index (χ4n) is 9.96. The van der Waals surface area contributed by atoms with Crippen molar-refractivity contribution >= 4 is 5.91 Å². The molecule has 0 saturated carbocycles. The summed E-state index contributed by atoms with van der Waals surface area (Å²) >= 11 is 0. The Kier molecular flexibility index (Phi) is 51.3. The van der Waals surface area contributed by atoms with Crippen molar-refractivity contribution in [1.82, 2.24) is 5.32 Å². The molecular weight excluding hydrogens is 923 g/mol. The van der Waals surface area contributed by atoms with Crippen LogP contribution in [-0.4, -0.2) is 87.5 Å². The lowest BCUT2D eigenvalue weighted by Gasteiger charge is -2.40. The first kappa shape index (κ1) is 69.9. The highest BCUT2D eigenvalue weighted by Gasteiger charge is 2.44. The van der Waals surface area contributed by atoms with Gasteiger partial charge in [0.25, 0.3) is 0 Å². The highest BCUT2D eigenvalue weighted by atomic mass is 16.7. The Hall–Kier alpha value is -2.11. The summed E-state index contributed by atoms with van der Waals surface area (Å²) < 4.78 is 11.3. The molecular formula is C65H119NO8. The highest BCUT2D eigenvalue weighted by Crippen LogP contribution is 2.23. The molecule has 0 aromatic carbocycles. The lowest BCUT2D eigenvalue weighted by Crippen LogP contribution is -2.60. The standard InChI is InChI=1S/C65H119NO8/c1-3-5-7-9-11-13-15-17-19-21-23-25-27-29-30-31-33-35-37-39-41-43-45-47-49-51-53-55-61(69)66-58(57-73-65-64(72)63(71)62(70)60(56-67)74-65)59(68)54-52-50-48-46-44-42-40-38-36-34-32-28-26-24-22-20-18-16-14-12-10-8-6-4-2/h5,7,11,13,17,19,23,25,29-30,58-60,62-65,67-68,70-72H,3-4,6,8-10,12,14-16,18,20-22,24,26-28,31-57H2,1-2H3,(H,66,69)/b7-5-,13-11-,19-17-,25-23-,30-29-. The molecule has 1 rings (SSSR count). The van der Waals surface area contributed by atoms with Gasteiger partial charge in [0.05, 0.1) is 25.4 Å². The number of nitrogens with one attached hydrogen (secondary N) is 1. The van der Waals surface area contributed by atoms with E-state index in [-0.39, 0.29) is 12.5 Å². The van der Waals surface area contributed by atoms with Crippen molar-refractivity contribution in [3.63, 3.8) is 0 Å². The van der Waals surface area contributed by atoms with E-state index in [9.17, 15) is 30.3 Å². The summed E-state index contributed by atoms with van der Waals surface area (Å²) in [7, 11) is 0. The molecule has 0 spiro atoms. The third-order valence-electron chi connectivity index (χ3n) is 14.9. The molecule has 1 saturated heterocycles. The van der Waals surface area contributed by atoms with E-state index in [4.69, 9.17) is 9.47 Å². The quantitative estimate of drug-likeness (QED) is 0.0261. The second-order valence-electron chi connectivity index (χ2n) is 21.8. The molecule has 1 heterocycles. The number of allylic oxidation sites excluding steroid dienone is 10. The van der Waals surface area contributed by atoms with Crippen LogP contribution in [-0.2, 0) is 14.3 Å². The number of unbranched alkanes of at least 4 members (excludes halogenated alkanes) is 34. The summed E-state index contributed by atoms with van der Waals surface area (Å²) in [6.07, 6.45) is 66.8. The van der Waals surface area contributed by atoms with Gasteiger partial charge in [-0.25, -0.2) is 0 Å². The zero-order valence-corrected chi connectivity index (χ0v) is 48.1. The molecule has 0 aromatic heterocycles. The van der Waals surface area contributed by atoms with E-state index >= 15 is 0 Å². The predicted octanol–water partition coefficient (Wildman–Crippen LogP) is 16.2. The minimum absolute atomic E-state index is 0.140. The first-order valence-corrected chi connectivity index (χ1v) is 31.5. The molecule has 1 amide bonds. The van der Waals surface area contributed by atoms with Crippen molar-refractivity contribution in [1.29, 1.82) is 0 Å². The molecule has 1 aliphatic rings. The Morgan fingerprint density at radius 1 is 0.473 bits per heavy atom. The second kappa shape index (κ2) is 54.3. The van der Waals surface area contributed by atoms with E-state index in [1.54, 1.807) is 0 Å². The number of aliphatic hydroxyl groups excluding tert-OH is 5. The van der Waals surface area contributed by atoms with Crippen LogP contribution in [0, 0.1) is 0 Å². The third kappa shape index (κ3) is 42.9. The molecule has 7 unspecified atom stereocenters. The maximum Gasteiger partial charge on any atom is 0.220 e. The largest absolute Gasteiger partial charge is 0.394 e. The topological polar surface area (TPSA) is 149 Å². The summed E-state index contributed by atoms with van der Waals surface area (Å²) in [4.78, 5) is 13.1. The summed E-state index contributed by atoms with van der Waals surface area (Å²) in [5.41, 5.74) is 0. The Bertz CT molecular complexity index is 1350. The van der Waals surface area contributed by atoms with Crippen LogP contribution in [0.4, 0.5) is 0 Å². The number of rotatable bonds is 54. The van der Waals surface area contributed by atoms with Crippen LogP contribution in [0.25, 0.3) is 0 Å². The maximum atomic E-state index is 13.1. The minimum atomic E-state index is -1.56. The maximum absolute atomic E-state index is 13.1. The van der Waals surface area contributed by atoms with Crippen molar-refractivity contribution in [3.8, 4) is 0 Å². The van der Waals surface area contributed by atoms with Crippen molar-refractivity contribution in [2.24, 2.45) is 0 Å². The lowest BCUT2D eigenvalue weighted by atomic mass is 9.99. The number of ether oxygens (including phenoxy) is 2. The molecule has 7 atom stereocenters. The number of aliphatic hydroxyl groups is 5. The third-order valence-corrected chi connectivity index (χ3v) is 14.9. The van der Waals surface area contributed by atoms with Crippen LogP contribution in [0.15, 0.2) is 60.8 Å². The van der Waals surface area contributed by atoms with Gasteiger partial charge in [-0.1, -0.05) is 286 Å². The fourth-order valence-corrected chi connectivity index (χ4v) is 9.96. The molecule has 1 fully saturated rings. The zero-order chi connectivity index (χ0) is 53.6. The Labute approximate surface area is 456 Å². The monoisotopic (exact) mass is 1040 g/mol. The number of carbonyl (C=O) groups is 1. The first-order valence-electron chi connectivity index (χ1n) is 31.5. The molecule has 0 aliphatic carbocycles. The minimum Gasteiger partial charge on any atom is -0.394 e. The van der Waals surface area contributed by atoms with Crippen LogP contribution < -0.4 is 5.32 Å². The number of amides is 1. The average molecular weight is 1040 g/mol. The van der Waals surface area contributed by atoms with Gasteiger partial charge in [0.2, 0.25) is 5.91 Å². The molecule has 9 heteroatoms. The van der Waals surface area contributed by atoms with Crippen molar-refractivity contribution in [3.05, 3.63) is 60.8 Å². The predicted molar refractivity (Wildman–Crippen MR) is 313 cm³/mol. The van der Waals surface area contributed by atoms with Crippen LogP contribution in [0.1, 0.15) is 290 Å². The van der Waals surface area contributed by atoms with E-state index in [1.807, 2.05) is 0 Å². The van der Waals surface area contributed by atoms with Gasteiger partial charge in [-0.3, -0.25) is 4.79 Å². The van der Waals surface area contributed by atoms with E-state index in [0.717, 1.165) is 70.6 Å². The molecule has 0 aromatic rings. The van der Waals surface area contributed by atoms with E-state index in [2.05, 4.69) is 79.9 Å². The summed E-state index contributed by atoms with van der Waals surface area (Å²) in [6.45, 7) is 3.76. The van der Waals surface area contributed by atoms with Crippen LogP contribution >= 0.6 is 0 Å². The molecule has 0 bridgehead atoms. The van der Waals surface area contributed by atoms with Crippen molar-refractivity contribution < 1.29 is 39.8 Å². The van der Waals surface area contributed by atoms with Gasteiger partial charge in [0.15, 0.2) is 6.29 Å². The summed E-state index contributed by atoms with van der Waals surface area (Å²) in [5.74, 6) is -0.146. The molecule has 432 valence electrons. The van der Waals surface area contributed by atoms with Gasteiger partial charge in [-0.15, -0.1) is 0 Å². The van der Waals surface area contributed by atoms with Crippen molar-refractivity contribution in [2.75, 3.05) is 13.2 Å².